The van der Waals surface area contributed by atoms with Crippen LogP contribution in [0, 0.1) is 11.6 Å². The Morgan fingerprint density at radius 2 is 1.85 bits per heavy atom. The molecule has 204 valence electrons. The number of amides is 1. The molecule has 1 atom stereocenters. The molecule has 3 N–H and O–H groups in total. The number of aliphatic hydroxyl groups is 1. The van der Waals surface area contributed by atoms with Gasteiger partial charge in [0.1, 0.15) is 17.7 Å². The van der Waals surface area contributed by atoms with Crippen LogP contribution in [-0.4, -0.2) is 65.1 Å². The van der Waals surface area contributed by atoms with Gasteiger partial charge in [0.05, 0.1) is 23.3 Å². The fourth-order valence-electron chi connectivity index (χ4n) is 4.76. The molecule has 0 bridgehead atoms. The van der Waals surface area contributed by atoms with Gasteiger partial charge in [0.15, 0.2) is 11.4 Å². The largest absolute Gasteiger partial charge is 0.478 e. The summed E-state index contributed by atoms with van der Waals surface area (Å²) in [7, 11) is 0. The Balaban J connectivity index is 1.38. The van der Waals surface area contributed by atoms with Crippen molar-refractivity contribution in [3.8, 4) is 16.9 Å². The van der Waals surface area contributed by atoms with Crippen LogP contribution in [0.25, 0.3) is 22.1 Å². The number of nitrogen functional groups attached to an aromatic ring is 1. The van der Waals surface area contributed by atoms with E-state index in [2.05, 4.69) is 9.88 Å². The van der Waals surface area contributed by atoms with Crippen molar-refractivity contribution < 1.29 is 27.8 Å². The highest BCUT2D eigenvalue weighted by Gasteiger charge is 2.25. The number of furan rings is 1. The minimum absolute atomic E-state index is 0.0169. The quantitative estimate of drug-likeness (QED) is 0.312. The fraction of sp³-hybridized carbons (Fsp3) is 0.286. The molecule has 5 rings (SSSR count). The molecule has 3 heterocycles. The molecule has 0 aliphatic carbocycles. The topological polar surface area (TPSA) is 105 Å². The molecule has 8 nitrogen and oxygen atoms in total. The van der Waals surface area contributed by atoms with Gasteiger partial charge in [-0.05, 0) is 36.8 Å². The number of pyridine rings is 1. The molecule has 2 aromatic carbocycles. The zero-order chi connectivity index (χ0) is 27.7. The summed E-state index contributed by atoms with van der Waals surface area (Å²) in [6.07, 6.45) is 2.07. The molecule has 1 saturated heterocycles. The number of anilines is 1. The molecule has 0 radical (unpaired) electrons. The Hall–Kier alpha value is -3.73. The number of β-amino-alcohol motifs (C(OH)–C–C–N with tert-alkyl or cyclic N) is 1. The van der Waals surface area contributed by atoms with Gasteiger partial charge in [-0.3, -0.25) is 9.69 Å². The summed E-state index contributed by atoms with van der Waals surface area (Å²) in [5.74, 6) is -1.43. The highest BCUT2D eigenvalue weighted by molar-refractivity contribution is 6.31. The highest BCUT2D eigenvalue weighted by atomic mass is 35.5. The Labute approximate surface area is 228 Å². The van der Waals surface area contributed by atoms with Gasteiger partial charge in [-0.2, -0.15) is 0 Å². The molecular formula is C28H27ClF2N4O4. The minimum Gasteiger partial charge on any atom is -0.478 e. The maximum Gasteiger partial charge on any atom is 0.253 e. The molecule has 1 amide bonds. The second-order valence-corrected chi connectivity index (χ2v) is 9.69. The first kappa shape index (κ1) is 26.9. The Bertz CT molecular complexity index is 1500. The summed E-state index contributed by atoms with van der Waals surface area (Å²) >= 11 is 6.00. The second-order valence-electron chi connectivity index (χ2n) is 9.32. The van der Waals surface area contributed by atoms with Crippen LogP contribution in [0.15, 0.2) is 53.3 Å². The molecule has 0 unspecified atom stereocenters. The second kappa shape index (κ2) is 11.2. The Morgan fingerprint density at radius 3 is 2.54 bits per heavy atom. The third kappa shape index (κ3) is 5.27. The van der Waals surface area contributed by atoms with Crippen LogP contribution in [0.5, 0.6) is 5.75 Å². The van der Waals surface area contributed by atoms with E-state index >= 15 is 0 Å². The molecule has 39 heavy (non-hydrogen) atoms. The van der Waals surface area contributed by atoms with E-state index in [1.54, 1.807) is 23.2 Å². The molecular weight excluding hydrogens is 530 g/mol. The van der Waals surface area contributed by atoms with Crippen molar-refractivity contribution >= 4 is 34.3 Å². The van der Waals surface area contributed by atoms with E-state index in [-0.39, 0.29) is 40.3 Å². The van der Waals surface area contributed by atoms with Crippen molar-refractivity contribution in [1.29, 1.82) is 0 Å². The van der Waals surface area contributed by atoms with Gasteiger partial charge in [0.2, 0.25) is 5.75 Å². The van der Waals surface area contributed by atoms with Gasteiger partial charge >= 0.3 is 0 Å². The van der Waals surface area contributed by atoms with Crippen LogP contribution >= 0.6 is 11.6 Å². The lowest BCUT2D eigenvalue weighted by atomic mass is 10.0. The molecule has 0 spiro atoms. The summed E-state index contributed by atoms with van der Waals surface area (Å²) in [4.78, 5) is 21.1. The average molecular weight is 557 g/mol. The van der Waals surface area contributed by atoms with E-state index in [4.69, 9.17) is 31.6 Å². The number of carbonyl (C=O) groups excluding carboxylic acids is 1. The van der Waals surface area contributed by atoms with Crippen LogP contribution in [0.1, 0.15) is 28.9 Å². The number of carbonyl (C=O) groups is 1. The maximum absolute atomic E-state index is 14.4. The van der Waals surface area contributed by atoms with Gasteiger partial charge < -0.3 is 24.9 Å². The summed E-state index contributed by atoms with van der Waals surface area (Å²) in [6, 6.07) is 9.09. The number of aliphatic hydroxyl groups excluding tert-OH is 1. The normalized spacial score (nSPS) is 15.1. The molecule has 4 aromatic rings. The van der Waals surface area contributed by atoms with Crippen molar-refractivity contribution in [1.82, 2.24) is 14.8 Å². The van der Waals surface area contributed by atoms with E-state index in [1.165, 1.54) is 13.2 Å². The SMILES string of the molecule is C[C@@H](Oc1c(N)ncc2c(-c3ccc(C(=O)N4CCN(CCO)CC4)cc3)coc12)c1c(F)ccc(F)c1Cl. The standard InChI is InChI=1S/C28H27ClF2N4O4/c1-16(23-21(30)6-7-22(31)24(23)29)39-26-25-19(14-33-27(26)32)20(15-38-25)17-2-4-18(5-3-17)28(37)35-10-8-34(9-11-35)12-13-36/h2-7,14-16,36H,8-13H2,1H3,(H2,32,33)/t16-/m1/s1. The van der Waals surface area contributed by atoms with Crippen molar-refractivity contribution in [3.63, 3.8) is 0 Å². The van der Waals surface area contributed by atoms with E-state index in [1.807, 2.05) is 12.1 Å². The zero-order valence-electron chi connectivity index (χ0n) is 21.2. The highest BCUT2D eigenvalue weighted by Crippen LogP contribution is 2.40. The first-order chi connectivity index (χ1) is 18.8. The summed E-state index contributed by atoms with van der Waals surface area (Å²) in [6.45, 7) is 4.89. The number of nitrogens with two attached hydrogens (primary N) is 1. The number of fused-ring (bicyclic) bond motifs is 1. The molecule has 11 heteroatoms. The van der Waals surface area contributed by atoms with Gasteiger partial charge in [-0.15, -0.1) is 0 Å². The fourth-order valence-corrected chi connectivity index (χ4v) is 5.07. The maximum atomic E-state index is 14.4. The lowest BCUT2D eigenvalue weighted by molar-refractivity contribution is 0.0615. The monoisotopic (exact) mass is 556 g/mol. The first-order valence-corrected chi connectivity index (χ1v) is 12.8. The van der Waals surface area contributed by atoms with Gasteiger partial charge in [0.25, 0.3) is 5.91 Å². The Kier molecular flexibility index (Phi) is 7.69. The molecule has 2 aromatic heterocycles. The number of aromatic nitrogens is 1. The van der Waals surface area contributed by atoms with E-state index in [9.17, 15) is 13.6 Å². The number of piperazine rings is 1. The lowest BCUT2D eigenvalue weighted by Gasteiger charge is -2.34. The average Bonchev–Trinajstić information content (AvgIpc) is 3.37. The van der Waals surface area contributed by atoms with Crippen LogP contribution in [-0.2, 0) is 0 Å². The van der Waals surface area contributed by atoms with Crippen molar-refractivity contribution in [2.75, 3.05) is 45.1 Å². The summed E-state index contributed by atoms with van der Waals surface area (Å²) in [5, 5.41) is 9.33. The number of hydrogen-bond acceptors (Lipinski definition) is 7. The predicted octanol–water partition coefficient (Wildman–Crippen LogP) is 4.90. The zero-order valence-corrected chi connectivity index (χ0v) is 21.9. The third-order valence-electron chi connectivity index (χ3n) is 6.90. The van der Waals surface area contributed by atoms with E-state index < -0.39 is 17.7 Å². The number of rotatable bonds is 7. The number of ether oxygens (including phenoxy) is 1. The number of halogens is 3. The van der Waals surface area contributed by atoms with Gasteiger partial charge in [0, 0.05) is 55.6 Å². The predicted molar refractivity (Wildman–Crippen MR) is 144 cm³/mol. The van der Waals surface area contributed by atoms with Crippen LogP contribution in [0.3, 0.4) is 0 Å². The number of hydrogen-bond donors (Lipinski definition) is 2. The summed E-state index contributed by atoms with van der Waals surface area (Å²) in [5.41, 5.74) is 8.25. The van der Waals surface area contributed by atoms with E-state index in [0.29, 0.717) is 36.1 Å². The number of nitrogens with zero attached hydrogens (tertiary/aromatic N) is 3. The molecule has 1 aliphatic heterocycles. The van der Waals surface area contributed by atoms with Gasteiger partial charge in [-0.1, -0.05) is 23.7 Å². The first-order valence-electron chi connectivity index (χ1n) is 12.5. The van der Waals surface area contributed by atoms with E-state index in [0.717, 1.165) is 30.8 Å². The molecule has 1 fully saturated rings. The van der Waals surface area contributed by atoms with Crippen LogP contribution < -0.4 is 10.5 Å². The van der Waals surface area contributed by atoms with Crippen LogP contribution in [0.2, 0.25) is 5.02 Å². The number of benzene rings is 2. The lowest BCUT2D eigenvalue weighted by Crippen LogP contribution is -2.49. The van der Waals surface area contributed by atoms with Crippen molar-refractivity contribution in [3.05, 3.63) is 76.6 Å². The molecule has 1 aliphatic rings. The van der Waals surface area contributed by atoms with Crippen LogP contribution in [0.4, 0.5) is 14.6 Å². The summed E-state index contributed by atoms with van der Waals surface area (Å²) < 4.78 is 40.1. The smallest absolute Gasteiger partial charge is 0.253 e. The van der Waals surface area contributed by atoms with Crippen molar-refractivity contribution in [2.45, 2.75) is 13.0 Å². The Morgan fingerprint density at radius 1 is 1.15 bits per heavy atom. The minimum atomic E-state index is -0.993. The molecule has 0 saturated carbocycles. The van der Waals surface area contributed by atoms with Crippen molar-refractivity contribution in [2.24, 2.45) is 0 Å². The van der Waals surface area contributed by atoms with Gasteiger partial charge in [-0.25, -0.2) is 13.8 Å². The third-order valence-corrected chi connectivity index (χ3v) is 7.28.